The summed E-state index contributed by atoms with van der Waals surface area (Å²) in [4.78, 5) is 0. The molecule has 1 atom stereocenters. The molecule has 2 aromatic carbocycles. The third-order valence-corrected chi connectivity index (χ3v) is 3.65. The molecular weight excluding hydrogens is 270 g/mol. The van der Waals surface area contributed by atoms with Crippen LogP contribution >= 0.6 is 12.4 Å². The molecule has 0 unspecified atom stereocenters. The van der Waals surface area contributed by atoms with Crippen molar-refractivity contribution in [3.05, 3.63) is 65.7 Å². The van der Waals surface area contributed by atoms with Crippen LogP contribution < -0.4 is 10.5 Å². The van der Waals surface area contributed by atoms with E-state index < -0.39 is 0 Å². The molecule has 0 radical (unpaired) electrons. The third kappa shape index (κ3) is 3.53. The quantitative estimate of drug-likeness (QED) is 0.899. The Kier molecular flexibility index (Phi) is 5.05. The van der Waals surface area contributed by atoms with Gasteiger partial charge in [0.05, 0.1) is 0 Å². The Morgan fingerprint density at radius 3 is 2.35 bits per heavy atom. The van der Waals surface area contributed by atoms with Gasteiger partial charge in [-0.3, -0.25) is 0 Å². The zero-order chi connectivity index (χ0) is 13.1. The minimum absolute atomic E-state index is 0. The molecule has 0 aliphatic heterocycles. The van der Waals surface area contributed by atoms with E-state index in [2.05, 4.69) is 18.2 Å². The van der Waals surface area contributed by atoms with Crippen LogP contribution in [0.3, 0.4) is 0 Å². The van der Waals surface area contributed by atoms with Gasteiger partial charge in [0, 0.05) is 11.6 Å². The fraction of sp³-hybridized carbons (Fsp3) is 0.294. The molecule has 0 amide bonds. The molecule has 0 bridgehead atoms. The summed E-state index contributed by atoms with van der Waals surface area (Å²) < 4.78 is 5.94. The predicted octanol–water partition coefficient (Wildman–Crippen LogP) is 4.10. The SMILES string of the molecule is Cl.N[C@H](c1ccccc1OCc1ccccc1)C1CC1. The van der Waals surface area contributed by atoms with Crippen LogP contribution in [0.1, 0.15) is 30.0 Å². The van der Waals surface area contributed by atoms with E-state index in [0.717, 1.165) is 11.3 Å². The highest BCUT2D eigenvalue weighted by molar-refractivity contribution is 5.85. The van der Waals surface area contributed by atoms with E-state index in [4.69, 9.17) is 10.5 Å². The first kappa shape index (κ1) is 14.9. The van der Waals surface area contributed by atoms with Gasteiger partial charge in [-0.25, -0.2) is 0 Å². The fourth-order valence-corrected chi connectivity index (χ4v) is 2.33. The van der Waals surface area contributed by atoms with Crippen LogP contribution in [-0.4, -0.2) is 0 Å². The van der Waals surface area contributed by atoms with E-state index in [1.54, 1.807) is 0 Å². The van der Waals surface area contributed by atoms with Crippen LogP contribution in [0.5, 0.6) is 5.75 Å². The first-order valence-corrected chi connectivity index (χ1v) is 6.86. The molecule has 20 heavy (non-hydrogen) atoms. The van der Waals surface area contributed by atoms with Crippen molar-refractivity contribution in [2.45, 2.75) is 25.5 Å². The van der Waals surface area contributed by atoms with Gasteiger partial charge in [0.25, 0.3) is 0 Å². The standard InChI is InChI=1S/C17H19NO.ClH/c18-17(14-10-11-14)15-8-4-5-9-16(15)19-12-13-6-2-1-3-7-13;/h1-9,14,17H,10-12,18H2;1H/t17-;/m0./s1. The van der Waals surface area contributed by atoms with Gasteiger partial charge in [-0.05, 0) is 30.4 Å². The summed E-state index contributed by atoms with van der Waals surface area (Å²) in [6.45, 7) is 0.592. The maximum absolute atomic E-state index is 6.29. The molecule has 0 aromatic heterocycles. The van der Waals surface area contributed by atoms with Crippen LogP contribution in [0.15, 0.2) is 54.6 Å². The number of nitrogens with two attached hydrogens (primary N) is 1. The highest BCUT2D eigenvalue weighted by Crippen LogP contribution is 2.42. The molecular formula is C17H20ClNO. The van der Waals surface area contributed by atoms with Crippen molar-refractivity contribution >= 4 is 12.4 Å². The smallest absolute Gasteiger partial charge is 0.124 e. The zero-order valence-electron chi connectivity index (χ0n) is 11.4. The molecule has 1 aliphatic carbocycles. The van der Waals surface area contributed by atoms with E-state index in [9.17, 15) is 0 Å². The number of hydrogen-bond acceptors (Lipinski definition) is 2. The minimum Gasteiger partial charge on any atom is -0.489 e. The summed E-state index contributed by atoms with van der Waals surface area (Å²) in [5.74, 6) is 1.56. The van der Waals surface area contributed by atoms with Crippen LogP contribution in [0.25, 0.3) is 0 Å². The van der Waals surface area contributed by atoms with E-state index in [-0.39, 0.29) is 18.4 Å². The predicted molar refractivity (Wildman–Crippen MR) is 84.1 cm³/mol. The number of para-hydroxylation sites is 1. The van der Waals surface area contributed by atoms with Gasteiger partial charge in [0.2, 0.25) is 0 Å². The van der Waals surface area contributed by atoms with Crippen molar-refractivity contribution in [1.82, 2.24) is 0 Å². The molecule has 3 rings (SSSR count). The van der Waals surface area contributed by atoms with Gasteiger partial charge >= 0.3 is 0 Å². The second kappa shape index (κ2) is 6.78. The number of ether oxygens (including phenoxy) is 1. The second-order valence-electron chi connectivity index (χ2n) is 5.18. The number of rotatable bonds is 5. The lowest BCUT2D eigenvalue weighted by Crippen LogP contribution is -2.14. The van der Waals surface area contributed by atoms with Crippen LogP contribution in [-0.2, 0) is 6.61 Å². The molecule has 1 saturated carbocycles. The summed E-state index contributed by atoms with van der Waals surface area (Å²) in [5.41, 5.74) is 8.61. The first-order chi connectivity index (χ1) is 9.34. The summed E-state index contributed by atoms with van der Waals surface area (Å²) in [5, 5.41) is 0. The average Bonchev–Trinajstić information content (AvgIpc) is 3.30. The van der Waals surface area contributed by atoms with E-state index in [1.165, 1.54) is 18.4 Å². The molecule has 2 nitrogen and oxygen atoms in total. The van der Waals surface area contributed by atoms with Crippen LogP contribution in [0.4, 0.5) is 0 Å². The lowest BCUT2D eigenvalue weighted by Gasteiger charge is -2.16. The Morgan fingerprint density at radius 2 is 1.65 bits per heavy atom. The van der Waals surface area contributed by atoms with Gasteiger partial charge in [-0.2, -0.15) is 0 Å². The fourth-order valence-electron chi connectivity index (χ4n) is 2.33. The van der Waals surface area contributed by atoms with E-state index >= 15 is 0 Å². The van der Waals surface area contributed by atoms with Gasteiger partial charge in [-0.15, -0.1) is 12.4 Å². The topological polar surface area (TPSA) is 35.2 Å². The summed E-state index contributed by atoms with van der Waals surface area (Å²) in [7, 11) is 0. The van der Waals surface area contributed by atoms with Crippen molar-refractivity contribution in [3.63, 3.8) is 0 Å². The summed E-state index contributed by atoms with van der Waals surface area (Å²) in [6, 6.07) is 18.5. The van der Waals surface area contributed by atoms with Crippen LogP contribution in [0.2, 0.25) is 0 Å². The Bertz CT molecular complexity index is 540. The highest BCUT2D eigenvalue weighted by Gasteiger charge is 2.31. The Labute approximate surface area is 126 Å². The number of hydrogen-bond donors (Lipinski definition) is 1. The van der Waals surface area contributed by atoms with Gasteiger partial charge in [0.15, 0.2) is 0 Å². The largest absolute Gasteiger partial charge is 0.489 e. The molecule has 2 N–H and O–H groups in total. The van der Waals surface area contributed by atoms with E-state index in [0.29, 0.717) is 12.5 Å². The first-order valence-electron chi connectivity index (χ1n) is 6.86. The van der Waals surface area contributed by atoms with Crippen molar-refractivity contribution in [3.8, 4) is 5.75 Å². The molecule has 0 saturated heterocycles. The molecule has 0 heterocycles. The second-order valence-corrected chi connectivity index (χ2v) is 5.18. The molecule has 1 aliphatic rings. The molecule has 3 heteroatoms. The molecule has 2 aromatic rings. The van der Waals surface area contributed by atoms with Crippen molar-refractivity contribution in [1.29, 1.82) is 0 Å². The lowest BCUT2D eigenvalue weighted by atomic mass is 10.0. The van der Waals surface area contributed by atoms with Crippen molar-refractivity contribution < 1.29 is 4.74 Å². The average molecular weight is 290 g/mol. The van der Waals surface area contributed by atoms with Crippen molar-refractivity contribution in [2.24, 2.45) is 11.7 Å². The van der Waals surface area contributed by atoms with E-state index in [1.807, 2.05) is 36.4 Å². The Morgan fingerprint density at radius 1 is 1.00 bits per heavy atom. The monoisotopic (exact) mass is 289 g/mol. The maximum Gasteiger partial charge on any atom is 0.124 e. The minimum atomic E-state index is 0. The Hall–Kier alpha value is -1.51. The van der Waals surface area contributed by atoms with Gasteiger partial charge < -0.3 is 10.5 Å². The summed E-state index contributed by atoms with van der Waals surface area (Å²) in [6.07, 6.45) is 2.49. The third-order valence-electron chi connectivity index (χ3n) is 3.65. The van der Waals surface area contributed by atoms with Gasteiger partial charge in [-0.1, -0.05) is 48.5 Å². The zero-order valence-corrected chi connectivity index (χ0v) is 12.2. The summed E-state index contributed by atoms with van der Waals surface area (Å²) >= 11 is 0. The number of halogens is 1. The number of benzene rings is 2. The van der Waals surface area contributed by atoms with Crippen LogP contribution in [0, 0.1) is 5.92 Å². The molecule has 1 fully saturated rings. The molecule has 0 spiro atoms. The highest BCUT2D eigenvalue weighted by atomic mass is 35.5. The molecule has 106 valence electrons. The van der Waals surface area contributed by atoms with Crippen molar-refractivity contribution in [2.75, 3.05) is 0 Å². The normalized spacial score (nSPS) is 15.2. The lowest BCUT2D eigenvalue weighted by molar-refractivity contribution is 0.300. The Balaban J connectivity index is 0.00000147. The maximum atomic E-state index is 6.29. The van der Waals surface area contributed by atoms with Gasteiger partial charge in [0.1, 0.15) is 12.4 Å².